The van der Waals surface area contributed by atoms with Crippen molar-refractivity contribution in [2.24, 2.45) is 5.73 Å². The second-order valence-corrected chi connectivity index (χ2v) is 3.58. The minimum absolute atomic E-state index is 0.268. The van der Waals surface area contributed by atoms with Gasteiger partial charge in [0, 0.05) is 6.04 Å². The highest BCUT2D eigenvalue weighted by molar-refractivity contribution is 5.22. The predicted octanol–water partition coefficient (Wildman–Crippen LogP) is 1.41. The van der Waals surface area contributed by atoms with Crippen LogP contribution >= 0.6 is 0 Å². The summed E-state index contributed by atoms with van der Waals surface area (Å²) in [6.45, 7) is 5.55. The van der Waals surface area contributed by atoms with Crippen molar-refractivity contribution in [3.8, 4) is 0 Å². The minimum Gasteiger partial charge on any atom is -0.387 e. The van der Waals surface area contributed by atoms with Gasteiger partial charge in [-0.05, 0) is 18.9 Å². The van der Waals surface area contributed by atoms with Crippen LogP contribution in [0.2, 0.25) is 0 Å². The molecule has 76 valence electrons. The SMILES string of the molecule is C=CC(O)C(N)Cc1ccc(C)cc1. The van der Waals surface area contributed by atoms with E-state index in [-0.39, 0.29) is 6.04 Å². The zero-order valence-electron chi connectivity index (χ0n) is 8.48. The fourth-order valence-electron chi connectivity index (χ4n) is 1.29. The summed E-state index contributed by atoms with van der Waals surface area (Å²) in [6, 6.07) is 7.89. The van der Waals surface area contributed by atoms with Crippen molar-refractivity contribution >= 4 is 0 Å². The molecular weight excluding hydrogens is 174 g/mol. The molecule has 14 heavy (non-hydrogen) atoms. The van der Waals surface area contributed by atoms with Gasteiger partial charge in [-0.25, -0.2) is 0 Å². The van der Waals surface area contributed by atoms with Crippen LogP contribution in [-0.4, -0.2) is 17.3 Å². The number of hydrogen-bond acceptors (Lipinski definition) is 2. The van der Waals surface area contributed by atoms with Crippen LogP contribution in [0.1, 0.15) is 11.1 Å². The molecule has 0 aliphatic carbocycles. The first-order valence-corrected chi connectivity index (χ1v) is 4.75. The fourth-order valence-corrected chi connectivity index (χ4v) is 1.29. The van der Waals surface area contributed by atoms with Gasteiger partial charge in [0.05, 0.1) is 6.10 Å². The lowest BCUT2D eigenvalue weighted by atomic mass is 10.0. The molecule has 0 heterocycles. The quantitative estimate of drug-likeness (QED) is 0.707. The Labute approximate surface area is 85.1 Å². The van der Waals surface area contributed by atoms with E-state index in [0.717, 1.165) is 5.56 Å². The summed E-state index contributed by atoms with van der Waals surface area (Å²) in [5.41, 5.74) is 8.15. The normalized spacial score (nSPS) is 14.8. The number of nitrogens with two attached hydrogens (primary N) is 1. The third-order valence-electron chi connectivity index (χ3n) is 2.27. The Morgan fingerprint density at radius 3 is 2.50 bits per heavy atom. The first-order valence-electron chi connectivity index (χ1n) is 4.75. The Hall–Kier alpha value is -1.12. The monoisotopic (exact) mass is 191 g/mol. The van der Waals surface area contributed by atoms with Gasteiger partial charge in [0.2, 0.25) is 0 Å². The van der Waals surface area contributed by atoms with Crippen molar-refractivity contribution in [1.82, 2.24) is 0 Å². The van der Waals surface area contributed by atoms with Crippen LogP contribution in [0.3, 0.4) is 0 Å². The average Bonchev–Trinajstić information content (AvgIpc) is 2.20. The molecule has 2 nitrogen and oxygen atoms in total. The lowest BCUT2D eigenvalue weighted by molar-refractivity contribution is 0.191. The third kappa shape index (κ3) is 2.98. The van der Waals surface area contributed by atoms with Gasteiger partial charge in [-0.3, -0.25) is 0 Å². The zero-order valence-corrected chi connectivity index (χ0v) is 8.48. The van der Waals surface area contributed by atoms with Gasteiger partial charge in [-0.15, -0.1) is 6.58 Å². The highest BCUT2D eigenvalue weighted by Crippen LogP contribution is 2.07. The van der Waals surface area contributed by atoms with E-state index in [4.69, 9.17) is 5.73 Å². The lowest BCUT2D eigenvalue weighted by Crippen LogP contribution is -2.35. The number of aliphatic hydroxyl groups excluding tert-OH is 1. The Morgan fingerprint density at radius 2 is 2.00 bits per heavy atom. The van der Waals surface area contributed by atoms with Crippen LogP contribution in [0, 0.1) is 6.92 Å². The molecular formula is C12H17NO. The zero-order chi connectivity index (χ0) is 10.6. The number of aliphatic hydroxyl groups is 1. The second-order valence-electron chi connectivity index (χ2n) is 3.58. The molecule has 0 radical (unpaired) electrons. The van der Waals surface area contributed by atoms with Gasteiger partial charge in [0.15, 0.2) is 0 Å². The van der Waals surface area contributed by atoms with Crippen molar-refractivity contribution < 1.29 is 5.11 Å². The number of benzene rings is 1. The van der Waals surface area contributed by atoms with E-state index in [2.05, 4.69) is 6.58 Å². The molecule has 0 aliphatic rings. The van der Waals surface area contributed by atoms with Crippen molar-refractivity contribution in [2.45, 2.75) is 25.5 Å². The van der Waals surface area contributed by atoms with Crippen molar-refractivity contribution in [3.05, 3.63) is 48.0 Å². The molecule has 0 amide bonds. The van der Waals surface area contributed by atoms with Crippen LogP contribution in [0.15, 0.2) is 36.9 Å². The molecule has 1 aromatic carbocycles. The first kappa shape index (κ1) is 11.0. The molecule has 2 atom stereocenters. The predicted molar refractivity (Wildman–Crippen MR) is 59.1 cm³/mol. The van der Waals surface area contributed by atoms with E-state index in [1.54, 1.807) is 0 Å². The molecule has 0 aliphatic heterocycles. The summed E-state index contributed by atoms with van der Waals surface area (Å²) in [5.74, 6) is 0. The summed E-state index contributed by atoms with van der Waals surface area (Å²) < 4.78 is 0. The van der Waals surface area contributed by atoms with Crippen LogP contribution in [0.5, 0.6) is 0 Å². The Bertz CT molecular complexity index is 292. The Balaban J connectivity index is 2.60. The first-order chi connectivity index (χ1) is 6.63. The van der Waals surface area contributed by atoms with E-state index in [1.165, 1.54) is 11.6 Å². The van der Waals surface area contributed by atoms with E-state index < -0.39 is 6.10 Å². The van der Waals surface area contributed by atoms with E-state index in [9.17, 15) is 5.11 Å². The molecule has 0 bridgehead atoms. The third-order valence-corrected chi connectivity index (χ3v) is 2.27. The Kier molecular flexibility index (Phi) is 3.86. The van der Waals surface area contributed by atoms with E-state index >= 15 is 0 Å². The highest BCUT2D eigenvalue weighted by Gasteiger charge is 2.10. The molecule has 0 saturated heterocycles. The largest absolute Gasteiger partial charge is 0.387 e. The summed E-state index contributed by atoms with van der Waals surface area (Å²) in [4.78, 5) is 0. The molecule has 2 heteroatoms. The van der Waals surface area contributed by atoms with Crippen LogP contribution in [0.25, 0.3) is 0 Å². The van der Waals surface area contributed by atoms with Gasteiger partial charge >= 0.3 is 0 Å². The van der Waals surface area contributed by atoms with Crippen LogP contribution < -0.4 is 5.73 Å². The van der Waals surface area contributed by atoms with Crippen LogP contribution in [-0.2, 0) is 6.42 Å². The van der Waals surface area contributed by atoms with Crippen molar-refractivity contribution in [2.75, 3.05) is 0 Å². The summed E-state index contributed by atoms with van der Waals surface area (Å²) >= 11 is 0. The molecule has 0 spiro atoms. The van der Waals surface area contributed by atoms with Gasteiger partial charge < -0.3 is 10.8 Å². The molecule has 1 aromatic rings. The molecule has 1 rings (SSSR count). The maximum atomic E-state index is 9.40. The highest BCUT2D eigenvalue weighted by atomic mass is 16.3. The number of hydrogen-bond donors (Lipinski definition) is 2. The van der Waals surface area contributed by atoms with Crippen molar-refractivity contribution in [1.29, 1.82) is 0 Å². The number of aryl methyl sites for hydroxylation is 1. The van der Waals surface area contributed by atoms with Gasteiger partial charge in [-0.1, -0.05) is 35.9 Å². The molecule has 2 unspecified atom stereocenters. The molecule has 0 saturated carbocycles. The van der Waals surface area contributed by atoms with Gasteiger partial charge in [0.1, 0.15) is 0 Å². The minimum atomic E-state index is -0.628. The lowest BCUT2D eigenvalue weighted by Gasteiger charge is -2.15. The fraction of sp³-hybridized carbons (Fsp3) is 0.333. The Morgan fingerprint density at radius 1 is 1.43 bits per heavy atom. The summed E-state index contributed by atoms with van der Waals surface area (Å²) in [5, 5.41) is 9.40. The topological polar surface area (TPSA) is 46.2 Å². The van der Waals surface area contributed by atoms with Crippen molar-refractivity contribution in [3.63, 3.8) is 0 Å². The molecule has 0 aromatic heterocycles. The van der Waals surface area contributed by atoms with E-state index in [0.29, 0.717) is 6.42 Å². The number of rotatable bonds is 4. The maximum absolute atomic E-state index is 9.40. The smallest absolute Gasteiger partial charge is 0.0872 e. The molecule has 0 fully saturated rings. The maximum Gasteiger partial charge on any atom is 0.0872 e. The average molecular weight is 191 g/mol. The summed E-state index contributed by atoms with van der Waals surface area (Å²) in [7, 11) is 0. The van der Waals surface area contributed by atoms with Crippen LogP contribution in [0.4, 0.5) is 0 Å². The van der Waals surface area contributed by atoms with Gasteiger partial charge in [0.25, 0.3) is 0 Å². The summed E-state index contributed by atoms with van der Waals surface area (Å²) in [6.07, 6.45) is 1.52. The van der Waals surface area contributed by atoms with E-state index in [1.807, 2.05) is 31.2 Å². The second kappa shape index (κ2) is 4.94. The molecule has 3 N–H and O–H groups in total. The van der Waals surface area contributed by atoms with Gasteiger partial charge in [-0.2, -0.15) is 0 Å². The standard InChI is InChI=1S/C12H17NO/c1-3-12(14)11(13)8-10-6-4-9(2)5-7-10/h3-7,11-12,14H,1,8,13H2,2H3.